The largest absolute Gasteiger partial charge is 0.493 e. The molecule has 0 bridgehead atoms. The summed E-state index contributed by atoms with van der Waals surface area (Å²) in [6, 6.07) is 21.1. The number of methoxy groups -OCH3 is 1. The summed E-state index contributed by atoms with van der Waals surface area (Å²) in [5.74, 6) is -0.672. The predicted molar refractivity (Wildman–Crippen MR) is 146 cm³/mol. The van der Waals surface area contributed by atoms with Crippen LogP contribution in [0, 0.1) is 6.92 Å². The van der Waals surface area contributed by atoms with Gasteiger partial charge in [0.05, 0.1) is 12.0 Å². The quantitative estimate of drug-likeness (QED) is 0.385. The van der Waals surface area contributed by atoms with E-state index in [2.05, 4.69) is 10.6 Å². The molecule has 1 aliphatic heterocycles. The lowest BCUT2D eigenvalue weighted by atomic mass is 10.2. The van der Waals surface area contributed by atoms with E-state index in [-0.39, 0.29) is 17.4 Å². The molecule has 4 amide bonds. The van der Waals surface area contributed by atoms with E-state index >= 15 is 0 Å². The van der Waals surface area contributed by atoms with Crippen LogP contribution in [0.5, 0.6) is 11.5 Å². The maximum Gasteiger partial charge on any atom is 0.294 e. The number of nitrogens with zero attached hydrogens (tertiary/aromatic N) is 1. The van der Waals surface area contributed by atoms with Crippen LogP contribution in [0.25, 0.3) is 6.08 Å². The number of amides is 4. The predicted octanol–water partition coefficient (Wildman–Crippen LogP) is 4.70. The van der Waals surface area contributed by atoms with Crippen molar-refractivity contribution in [1.29, 1.82) is 0 Å². The van der Waals surface area contributed by atoms with E-state index in [0.29, 0.717) is 28.4 Å². The average Bonchev–Trinajstić information content (AvgIpc) is 3.15. The van der Waals surface area contributed by atoms with E-state index in [1.807, 2.05) is 31.2 Å². The van der Waals surface area contributed by atoms with Gasteiger partial charge in [0.2, 0.25) is 5.91 Å². The number of rotatable bonds is 9. The maximum atomic E-state index is 12.8. The highest BCUT2D eigenvalue weighted by Gasteiger charge is 2.36. The Morgan fingerprint density at radius 2 is 1.63 bits per heavy atom. The second kappa shape index (κ2) is 12.1. The summed E-state index contributed by atoms with van der Waals surface area (Å²) in [5, 5.41) is 4.90. The molecule has 0 aromatic heterocycles. The minimum absolute atomic E-state index is 0.177. The van der Waals surface area contributed by atoms with Gasteiger partial charge >= 0.3 is 0 Å². The molecule has 0 radical (unpaired) electrons. The lowest BCUT2D eigenvalue weighted by Crippen LogP contribution is -2.36. The highest BCUT2D eigenvalue weighted by Crippen LogP contribution is 2.34. The molecule has 0 spiro atoms. The molecule has 0 unspecified atom stereocenters. The Labute approximate surface area is 223 Å². The summed E-state index contributed by atoms with van der Waals surface area (Å²) in [4.78, 5) is 50.9. The number of carbonyl (C=O) groups excluding carboxylic acids is 4. The van der Waals surface area contributed by atoms with Gasteiger partial charge < -0.3 is 20.1 Å². The third-order valence-corrected chi connectivity index (χ3v) is 6.29. The number of imide groups is 1. The molecule has 0 saturated carbocycles. The molecule has 1 aliphatic rings. The van der Waals surface area contributed by atoms with Crippen LogP contribution < -0.4 is 20.1 Å². The maximum absolute atomic E-state index is 12.8. The Kier molecular flexibility index (Phi) is 8.44. The number of nitrogens with one attached hydrogen (secondary N) is 2. The Balaban J connectivity index is 1.38. The van der Waals surface area contributed by atoms with Gasteiger partial charge in [-0.05, 0) is 72.3 Å². The molecular formula is C28H25N3O6S. The minimum atomic E-state index is -0.560. The fraction of sp³-hybridized carbons (Fsp3) is 0.143. The van der Waals surface area contributed by atoms with Crippen LogP contribution in [0.4, 0.5) is 16.2 Å². The molecule has 4 rings (SSSR count). The zero-order valence-electron chi connectivity index (χ0n) is 20.7. The normalized spacial score (nSPS) is 13.9. The smallest absolute Gasteiger partial charge is 0.294 e. The molecule has 2 N–H and O–H groups in total. The molecule has 38 heavy (non-hydrogen) atoms. The Bertz CT molecular complexity index is 1410. The summed E-state index contributed by atoms with van der Waals surface area (Å²) in [7, 11) is 1.46. The molecule has 194 valence electrons. The number of thioether (sulfide) groups is 1. The number of aryl methyl sites for hydroxylation is 1. The van der Waals surface area contributed by atoms with Crippen LogP contribution in [-0.2, 0) is 14.4 Å². The number of hydrogen-bond donors (Lipinski definition) is 2. The molecule has 3 aromatic rings. The van der Waals surface area contributed by atoms with Crippen molar-refractivity contribution in [3.05, 3.63) is 88.8 Å². The first-order valence-corrected chi connectivity index (χ1v) is 12.4. The second-order valence-corrected chi connectivity index (χ2v) is 9.29. The van der Waals surface area contributed by atoms with Crippen molar-refractivity contribution >= 4 is 52.2 Å². The van der Waals surface area contributed by atoms with Gasteiger partial charge in [0.25, 0.3) is 17.1 Å². The Hall–Kier alpha value is -4.57. The molecule has 10 heteroatoms. The molecule has 9 nitrogen and oxygen atoms in total. The number of benzene rings is 3. The van der Waals surface area contributed by atoms with Crippen molar-refractivity contribution in [2.45, 2.75) is 6.92 Å². The zero-order valence-corrected chi connectivity index (χ0v) is 21.5. The van der Waals surface area contributed by atoms with Crippen LogP contribution >= 0.6 is 11.8 Å². The fourth-order valence-electron chi connectivity index (χ4n) is 3.61. The summed E-state index contributed by atoms with van der Waals surface area (Å²) in [6.45, 7) is 1.31. The monoisotopic (exact) mass is 531 g/mol. The first kappa shape index (κ1) is 26.5. The number of anilines is 2. The Morgan fingerprint density at radius 1 is 0.895 bits per heavy atom. The van der Waals surface area contributed by atoms with E-state index in [0.717, 1.165) is 22.2 Å². The standard InChI is InChI=1S/C28H25N3O6S/c1-18-7-6-10-21(13-18)30-26(33)17-37-22-12-11-19(14-23(22)36-2)15-24-27(34)31(28(35)38-24)16-25(32)29-20-8-4-3-5-9-20/h3-15H,16-17H2,1-2H3,(H,29,32)(H,30,33)/b24-15-. The molecule has 0 atom stereocenters. The highest BCUT2D eigenvalue weighted by atomic mass is 32.2. The van der Waals surface area contributed by atoms with Crippen LogP contribution in [0.2, 0.25) is 0 Å². The van der Waals surface area contributed by atoms with Crippen LogP contribution in [0.15, 0.2) is 77.7 Å². The van der Waals surface area contributed by atoms with Crippen molar-refractivity contribution < 1.29 is 28.7 Å². The summed E-state index contributed by atoms with van der Waals surface area (Å²) >= 11 is 0.752. The van der Waals surface area contributed by atoms with Gasteiger partial charge in [0.15, 0.2) is 18.1 Å². The number of ether oxygens (including phenoxy) is 2. The van der Waals surface area contributed by atoms with Crippen molar-refractivity contribution in [2.24, 2.45) is 0 Å². The van der Waals surface area contributed by atoms with Crippen molar-refractivity contribution in [1.82, 2.24) is 4.90 Å². The number of para-hydroxylation sites is 1. The van der Waals surface area contributed by atoms with Gasteiger partial charge in [-0.25, -0.2) is 0 Å². The molecule has 0 aliphatic carbocycles. The third-order valence-electron chi connectivity index (χ3n) is 5.38. The van der Waals surface area contributed by atoms with E-state index < -0.39 is 23.6 Å². The van der Waals surface area contributed by atoms with Crippen molar-refractivity contribution in [3.8, 4) is 11.5 Å². The van der Waals surface area contributed by atoms with Crippen LogP contribution in [0.1, 0.15) is 11.1 Å². The lowest BCUT2D eigenvalue weighted by molar-refractivity contribution is -0.127. The molecule has 3 aromatic carbocycles. The topological polar surface area (TPSA) is 114 Å². The first-order valence-electron chi connectivity index (χ1n) is 11.6. The third kappa shape index (κ3) is 6.80. The SMILES string of the molecule is COc1cc(/C=C2\SC(=O)N(CC(=O)Nc3ccccc3)C2=O)ccc1OCC(=O)Nc1cccc(C)c1. The van der Waals surface area contributed by atoms with Gasteiger partial charge in [-0.3, -0.25) is 24.1 Å². The molecule has 1 heterocycles. The fourth-order valence-corrected chi connectivity index (χ4v) is 4.45. The van der Waals surface area contributed by atoms with E-state index in [1.165, 1.54) is 13.2 Å². The van der Waals surface area contributed by atoms with E-state index in [1.54, 1.807) is 48.5 Å². The summed E-state index contributed by atoms with van der Waals surface area (Å²) in [5.41, 5.74) is 2.85. The van der Waals surface area contributed by atoms with Gasteiger partial charge in [-0.1, -0.05) is 36.4 Å². The van der Waals surface area contributed by atoms with Crippen LogP contribution in [-0.4, -0.2) is 48.1 Å². The molecule has 1 saturated heterocycles. The lowest BCUT2D eigenvalue weighted by Gasteiger charge is -2.12. The molecule has 1 fully saturated rings. The van der Waals surface area contributed by atoms with E-state index in [9.17, 15) is 19.2 Å². The van der Waals surface area contributed by atoms with Gasteiger partial charge in [0, 0.05) is 11.4 Å². The summed E-state index contributed by atoms with van der Waals surface area (Å²) < 4.78 is 11.0. The Morgan fingerprint density at radius 3 is 2.37 bits per heavy atom. The van der Waals surface area contributed by atoms with Gasteiger partial charge in [0.1, 0.15) is 6.54 Å². The van der Waals surface area contributed by atoms with Crippen molar-refractivity contribution in [3.63, 3.8) is 0 Å². The van der Waals surface area contributed by atoms with Crippen LogP contribution in [0.3, 0.4) is 0 Å². The molecular weight excluding hydrogens is 506 g/mol. The van der Waals surface area contributed by atoms with Gasteiger partial charge in [-0.2, -0.15) is 0 Å². The average molecular weight is 532 g/mol. The minimum Gasteiger partial charge on any atom is -0.493 e. The highest BCUT2D eigenvalue weighted by molar-refractivity contribution is 8.18. The number of hydrogen-bond acceptors (Lipinski definition) is 7. The second-order valence-electron chi connectivity index (χ2n) is 8.30. The zero-order chi connectivity index (χ0) is 27.1. The van der Waals surface area contributed by atoms with Crippen molar-refractivity contribution in [2.75, 3.05) is 30.9 Å². The van der Waals surface area contributed by atoms with E-state index in [4.69, 9.17) is 9.47 Å². The van der Waals surface area contributed by atoms with Gasteiger partial charge in [-0.15, -0.1) is 0 Å². The first-order chi connectivity index (χ1) is 18.3. The number of carbonyl (C=O) groups is 4. The summed E-state index contributed by atoms with van der Waals surface area (Å²) in [6.07, 6.45) is 1.54.